The molecule has 13 heavy (non-hydrogen) atoms. The van der Waals surface area contributed by atoms with Crippen LogP contribution in [-0.2, 0) is 0 Å². The van der Waals surface area contributed by atoms with E-state index in [1.54, 1.807) is 11.3 Å². The van der Waals surface area contributed by atoms with Gasteiger partial charge in [0.05, 0.1) is 5.60 Å². The third-order valence-corrected chi connectivity index (χ3v) is 3.82. The minimum atomic E-state index is -0.473. The van der Waals surface area contributed by atoms with Crippen molar-refractivity contribution in [3.05, 3.63) is 22.4 Å². The van der Waals surface area contributed by atoms with Crippen molar-refractivity contribution >= 4 is 11.3 Å². The average Bonchev–Trinajstić information content (AvgIpc) is 2.55. The van der Waals surface area contributed by atoms with Crippen LogP contribution in [0.2, 0.25) is 0 Å². The molecule has 0 spiro atoms. The largest absolute Gasteiger partial charge is 0.390 e. The molecule has 1 fully saturated rings. The first-order chi connectivity index (χ1) is 6.20. The Kier molecular flexibility index (Phi) is 2.43. The van der Waals surface area contributed by atoms with E-state index in [0.29, 0.717) is 5.92 Å². The molecular weight excluding hydrogens is 180 g/mol. The van der Waals surface area contributed by atoms with Gasteiger partial charge in [0.2, 0.25) is 0 Å². The van der Waals surface area contributed by atoms with E-state index in [1.807, 2.05) is 6.92 Å². The molecule has 1 aromatic rings. The Morgan fingerprint density at radius 3 is 3.00 bits per heavy atom. The van der Waals surface area contributed by atoms with Gasteiger partial charge in [-0.2, -0.15) is 11.3 Å². The molecule has 0 amide bonds. The summed E-state index contributed by atoms with van der Waals surface area (Å²) in [4.78, 5) is 0. The Bertz CT molecular complexity index is 264. The molecule has 0 saturated heterocycles. The summed E-state index contributed by atoms with van der Waals surface area (Å²) in [6, 6.07) is 2.15. The molecule has 72 valence electrons. The first kappa shape index (κ1) is 9.22. The van der Waals surface area contributed by atoms with Gasteiger partial charge >= 0.3 is 0 Å². The van der Waals surface area contributed by atoms with Crippen molar-refractivity contribution in [3.8, 4) is 0 Å². The minimum Gasteiger partial charge on any atom is -0.390 e. The van der Waals surface area contributed by atoms with Crippen molar-refractivity contribution < 1.29 is 5.11 Å². The Balaban J connectivity index is 2.21. The van der Waals surface area contributed by atoms with Gasteiger partial charge in [0.1, 0.15) is 0 Å². The van der Waals surface area contributed by atoms with E-state index >= 15 is 0 Å². The molecule has 1 nitrogen and oxygen atoms in total. The van der Waals surface area contributed by atoms with Crippen LogP contribution in [-0.4, -0.2) is 10.7 Å². The molecule has 1 aromatic heterocycles. The zero-order valence-electron chi connectivity index (χ0n) is 7.99. The maximum Gasteiger partial charge on any atom is 0.0688 e. The van der Waals surface area contributed by atoms with Gasteiger partial charge in [-0.05, 0) is 42.2 Å². The summed E-state index contributed by atoms with van der Waals surface area (Å²) in [5, 5.41) is 14.5. The van der Waals surface area contributed by atoms with Gasteiger partial charge in [-0.25, -0.2) is 0 Å². The number of hydrogen-bond donors (Lipinski definition) is 1. The van der Waals surface area contributed by atoms with E-state index in [-0.39, 0.29) is 0 Å². The lowest BCUT2D eigenvalue weighted by Gasteiger charge is -2.36. The Hall–Kier alpha value is -0.340. The molecule has 0 radical (unpaired) electrons. The average molecular weight is 196 g/mol. The number of hydrogen-bond acceptors (Lipinski definition) is 2. The summed E-state index contributed by atoms with van der Waals surface area (Å²) in [5.41, 5.74) is 0.856. The normalized spacial score (nSPS) is 34.8. The third-order valence-electron chi connectivity index (χ3n) is 3.12. The molecule has 1 N–H and O–H groups in total. The fourth-order valence-electron chi connectivity index (χ4n) is 2.32. The van der Waals surface area contributed by atoms with E-state index < -0.39 is 5.60 Å². The van der Waals surface area contributed by atoms with Crippen molar-refractivity contribution in [2.24, 2.45) is 0 Å². The highest BCUT2D eigenvalue weighted by Gasteiger charge is 2.35. The molecule has 2 heteroatoms. The maximum absolute atomic E-state index is 10.2. The Morgan fingerprint density at radius 1 is 1.54 bits per heavy atom. The van der Waals surface area contributed by atoms with Crippen molar-refractivity contribution in [3.63, 3.8) is 0 Å². The zero-order valence-corrected chi connectivity index (χ0v) is 8.81. The summed E-state index contributed by atoms with van der Waals surface area (Å²) >= 11 is 1.72. The lowest BCUT2D eigenvalue weighted by Crippen LogP contribution is -2.35. The third kappa shape index (κ3) is 1.79. The quantitative estimate of drug-likeness (QED) is 0.731. The van der Waals surface area contributed by atoms with Crippen LogP contribution in [0.5, 0.6) is 0 Å². The van der Waals surface area contributed by atoms with Crippen LogP contribution in [0.1, 0.15) is 44.1 Å². The van der Waals surface area contributed by atoms with Crippen LogP contribution in [0.4, 0.5) is 0 Å². The van der Waals surface area contributed by atoms with Crippen LogP contribution in [0.25, 0.3) is 0 Å². The van der Waals surface area contributed by atoms with Gasteiger partial charge in [0.15, 0.2) is 0 Å². The molecule has 1 aliphatic rings. The van der Waals surface area contributed by atoms with Gasteiger partial charge in [0, 0.05) is 5.92 Å². The number of rotatable bonds is 1. The van der Waals surface area contributed by atoms with Crippen molar-refractivity contribution in [1.29, 1.82) is 0 Å². The highest BCUT2D eigenvalue weighted by molar-refractivity contribution is 7.07. The maximum atomic E-state index is 10.2. The lowest BCUT2D eigenvalue weighted by atomic mass is 9.74. The van der Waals surface area contributed by atoms with Crippen molar-refractivity contribution in [1.82, 2.24) is 0 Å². The van der Waals surface area contributed by atoms with Gasteiger partial charge in [0.25, 0.3) is 0 Å². The standard InChI is InChI=1S/C11H16OS/c1-11(12)6-3-2-4-10(11)9-5-7-13-8-9/h5,7-8,10,12H,2-4,6H2,1H3/t10-,11+/m0/s1. The monoisotopic (exact) mass is 196 g/mol. The first-order valence-corrected chi connectivity index (χ1v) is 5.89. The minimum absolute atomic E-state index is 0.368. The fraction of sp³-hybridized carbons (Fsp3) is 0.636. The second-order valence-electron chi connectivity index (χ2n) is 4.21. The molecular formula is C11H16OS. The summed E-state index contributed by atoms with van der Waals surface area (Å²) < 4.78 is 0. The Morgan fingerprint density at radius 2 is 2.38 bits per heavy atom. The van der Waals surface area contributed by atoms with Crippen LogP contribution >= 0.6 is 11.3 Å². The van der Waals surface area contributed by atoms with Crippen molar-refractivity contribution in [2.45, 2.75) is 44.1 Å². The molecule has 1 aliphatic carbocycles. The van der Waals surface area contributed by atoms with Crippen LogP contribution in [0.15, 0.2) is 16.8 Å². The fourth-order valence-corrected chi connectivity index (χ4v) is 3.03. The molecule has 0 aliphatic heterocycles. The summed E-state index contributed by atoms with van der Waals surface area (Å²) in [5.74, 6) is 0.368. The molecule has 0 aromatic carbocycles. The van der Waals surface area contributed by atoms with E-state index in [2.05, 4.69) is 16.8 Å². The summed E-state index contributed by atoms with van der Waals surface area (Å²) in [6.07, 6.45) is 4.53. The molecule has 0 unspecified atom stereocenters. The molecule has 1 heterocycles. The SMILES string of the molecule is C[C@@]1(O)CCCC[C@H]1c1ccsc1. The summed E-state index contributed by atoms with van der Waals surface area (Å²) in [6.45, 7) is 1.98. The van der Waals surface area contributed by atoms with Crippen LogP contribution in [0.3, 0.4) is 0 Å². The van der Waals surface area contributed by atoms with E-state index in [1.165, 1.54) is 18.4 Å². The van der Waals surface area contributed by atoms with E-state index in [4.69, 9.17) is 0 Å². The number of aliphatic hydroxyl groups is 1. The highest BCUT2D eigenvalue weighted by atomic mass is 32.1. The van der Waals surface area contributed by atoms with Gasteiger partial charge < -0.3 is 5.11 Å². The van der Waals surface area contributed by atoms with E-state index in [0.717, 1.165) is 12.8 Å². The van der Waals surface area contributed by atoms with E-state index in [9.17, 15) is 5.11 Å². The van der Waals surface area contributed by atoms with Gasteiger partial charge in [-0.15, -0.1) is 0 Å². The van der Waals surface area contributed by atoms with Crippen LogP contribution < -0.4 is 0 Å². The first-order valence-electron chi connectivity index (χ1n) is 4.94. The molecule has 2 rings (SSSR count). The molecule has 1 saturated carbocycles. The highest BCUT2D eigenvalue weighted by Crippen LogP contribution is 2.41. The zero-order chi connectivity index (χ0) is 9.31. The number of thiophene rings is 1. The Labute approximate surface area is 83.4 Å². The smallest absolute Gasteiger partial charge is 0.0688 e. The predicted molar refractivity (Wildman–Crippen MR) is 56.2 cm³/mol. The molecule has 2 atom stereocenters. The van der Waals surface area contributed by atoms with Crippen LogP contribution in [0, 0.1) is 0 Å². The van der Waals surface area contributed by atoms with Gasteiger partial charge in [-0.3, -0.25) is 0 Å². The second-order valence-corrected chi connectivity index (χ2v) is 4.99. The lowest BCUT2D eigenvalue weighted by molar-refractivity contribution is 0.000795. The predicted octanol–water partition coefficient (Wildman–Crippen LogP) is 3.16. The molecule has 0 bridgehead atoms. The van der Waals surface area contributed by atoms with Crippen molar-refractivity contribution in [2.75, 3.05) is 0 Å². The topological polar surface area (TPSA) is 20.2 Å². The summed E-state index contributed by atoms with van der Waals surface area (Å²) in [7, 11) is 0. The van der Waals surface area contributed by atoms with Gasteiger partial charge in [-0.1, -0.05) is 12.8 Å². The second kappa shape index (κ2) is 3.43.